The number of hydrogen-bond acceptors (Lipinski definition) is 4. The normalized spacial score (nSPS) is 10.4. The molecule has 2 rings (SSSR count). The summed E-state index contributed by atoms with van der Waals surface area (Å²) in [7, 11) is 3.19. The monoisotopic (exact) mass is 311 g/mol. The molecule has 0 bridgehead atoms. The lowest BCUT2D eigenvalue weighted by Gasteiger charge is -2.06. The molecule has 1 heterocycles. The zero-order valence-electron chi connectivity index (χ0n) is 9.75. The van der Waals surface area contributed by atoms with E-state index in [-0.39, 0.29) is 11.4 Å². The molecule has 0 atom stereocenters. The summed E-state index contributed by atoms with van der Waals surface area (Å²) in [6.07, 6.45) is 3.44. The van der Waals surface area contributed by atoms with Gasteiger partial charge in [0.2, 0.25) is 0 Å². The van der Waals surface area contributed by atoms with E-state index in [0.717, 1.165) is 10.0 Å². The zero-order valence-corrected chi connectivity index (χ0v) is 11.3. The summed E-state index contributed by atoms with van der Waals surface area (Å²) in [5, 5.41) is 15.0. The molecule has 0 amide bonds. The van der Waals surface area contributed by atoms with Crippen molar-refractivity contribution in [1.29, 1.82) is 0 Å². The van der Waals surface area contributed by atoms with Crippen LogP contribution in [0.3, 0.4) is 0 Å². The fourth-order valence-electron chi connectivity index (χ4n) is 1.63. The maximum Gasteiger partial charge on any atom is 0.311 e. The number of benzene rings is 1. The van der Waals surface area contributed by atoms with Gasteiger partial charge in [0.1, 0.15) is 0 Å². The second kappa shape index (κ2) is 4.77. The van der Waals surface area contributed by atoms with E-state index in [0.29, 0.717) is 5.56 Å². The molecule has 0 aliphatic rings. The van der Waals surface area contributed by atoms with E-state index in [9.17, 15) is 10.1 Å². The van der Waals surface area contributed by atoms with Gasteiger partial charge < -0.3 is 4.74 Å². The van der Waals surface area contributed by atoms with Gasteiger partial charge in [-0.15, -0.1) is 0 Å². The molecular weight excluding hydrogens is 302 g/mol. The first-order valence-corrected chi connectivity index (χ1v) is 5.83. The van der Waals surface area contributed by atoms with Crippen LogP contribution in [0.4, 0.5) is 5.69 Å². The standard InChI is InChI=1S/C11H10BrN3O3/c1-14-6-7(5-13-14)8-3-10(15(16)17)11(18-2)4-9(8)12/h3-6H,1-2H3. The number of aromatic nitrogens is 2. The Morgan fingerprint density at radius 1 is 1.50 bits per heavy atom. The molecule has 1 aromatic heterocycles. The Bertz CT molecular complexity index is 610. The Morgan fingerprint density at radius 3 is 2.72 bits per heavy atom. The number of nitrogens with zero attached hydrogens (tertiary/aromatic N) is 3. The van der Waals surface area contributed by atoms with Crippen LogP contribution >= 0.6 is 15.9 Å². The van der Waals surface area contributed by atoms with Crippen molar-refractivity contribution < 1.29 is 9.66 Å². The number of nitro benzene ring substituents is 1. The maximum absolute atomic E-state index is 11.0. The SMILES string of the molecule is COc1cc(Br)c(-c2cnn(C)c2)cc1[N+](=O)[O-]. The third kappa shape index (κ3) is 2.21. The molecule has 2 aromatic rings. The van der Waals surface area contributed by atoms with Gasteiger partial charge in [-0.3, -0.25) is 14.8 Å². The summed E-state index contributed by atoms with van der Waals surface area (Å²) in [5.41, 5.74) is 1.44. The van der Waals surface area contributed by atoms with Crippen molar-refractivity contribution in [2.24, 2.45) is 7.05 Å². The highest BCUT2D eigenvalue weighted by Crippen LogP contribution is 2.37. The lowest BCUT2D eigenvalue weighted by Crippen LogP contribution is -1.95. The number of rotatable bonds is 3. The summed E-state index contributed by atoms with van der Waals surface area (Å²) in [5.74, 6) is 0.222. The van der Waals surface area contributed by atoms with Crippen LogP contribution in [-0.4, -0.2) is 21.8 Å². The fourth-order valence-corrected chi connectivity index (χ4v) is 2.18. The molecule has 0 spiro atoms. The van der Waals surface area contributed by atoms with Crippen molar-refractivity contribution in [1.82, 2.24) is 9.78 Å². The molecule has 0 aliphatic carbocycles. The first-order valence-electron chi connectivity index (χ1n) is 5.04. The number of nitro groups is 1. The average molecular weight is 312 g/mol. The van der Waals surface area contributed by atoms with Crippen LogP contribution in [-0.2, 0) is 7.05 Å². The summed E-state index contributed by atoms with van der Waals surface area (Å²) < 4.78 is 7.35. The molecule has 94 valence electrons. The van der Waals surface area contributed by atoms with E-state index in [1.54, 1.807) is 30.2 Å². The van der Waals surface area contributed by atoms with Crippen molar-refractivity contribution >= 4 is 21.6 Å². The van der Waals surface area contributed by atoms with Gasteiger partial charge in [0.25, 0.3) is 0 Å². The molecular formula is C11H10BrN3O3. The zero-order chi connectivity index (χ0) is 13.3. The highest BCUT2D eigenvalue weighted by Gasteiger charge is 2.19. The van der Waals surface area contributed by atoms with Gasteiger partial charge in [-0.25, -0.2) is 0 Å². The van der Waals surface area contributed by atoms with Gasteiger partial charge in [-0.2, -0.15) is 5.10 Å². The largest absolute Gasteiger partial charge is 0.490 e. The average Bonchev–Trinajstić information content (AvgIpc) is 2.74. The number of halogens is 1. The van der Waals surface area contributed by atoms with Gasteiger partial charge in [0.15, 0.2) is 5.75 Å². The molecule has 18 heavy (non-hydrogen) atoms. The number of aryl methyl sites for hydroxylation is 1. The van der Waals surface area contributed by atoms with E-state index in [1.165, 1.54) is 13.2 Å². The highest BCUT2D eigenvalue weighted by molar-refractivity contribution is 9.10. The molecule has 0 radical (unpaired) electrons. The van der Waals surface area contributed by atoms with Crippen molar-refractivity contribution in [2.75, 3.05) is 7.11 Å². The minimum absolute atomic E-state index is 0.0699. The van der Waals surface area contributed by atoms with E-state index >= 15 is 0 Å². The van der Waals surface area contributed by atoms with E-state index < -0.39 is 4.92 Å². The van der Waals surface area contributed by atoms with Crippen LogP contribution in [0.5, 0.6) is 5.75 Å². The maximum atomic E-state index is 11.0. The molecule has 7 heteroatoms. The highest BCUT2D eigenvalue weighted by atomic mass is 79.9. The van der Waals surface area contributed by atoms with Crippen LogP contribution in [0, 0.1) is 10.1 Å². The topological polar surface area (TPSA) is 70.2 Å². The van der Waals surface area contributed by atoms with Crippen molar-refractivity contribution in [3.05, 3.63) is 39.1 Å². The summed E-state index contributed by atoms with van der Waals surface area (Å²) in [6, 6.07) is 3.06. The number of hydrogen-bond donors (Lipinski definition) is 0. The molecule has 0 unspecified atom stereocenters. The third-order valence-electron chi connectivity index (χ3n) is 2.48. The minimum Gasteiger partial charge on any atom is -0.490 e. The van der Waals surface area contributed by atoms with Crippen LogP contribution < -0.4 is 4.74 Å². The van der Waals surface area contributed by atoms with E-state index in [2.05, 4.69) is 21.0 Å². The first kappa shape index (κ1) is 12.6. The van der Waals surface area contributed by atoms with Crippen molar-refractivity contribution in [2.45, 2.75) is 0 Å². The molecule has 6 nitrogen and oxygen atoms in total. The predicted octanol–water partition coefficient (Wildman–Crippen LogP) is 2.77. The van der Waals surface area contributed by atoms with Crippen LogP contribution in [0.2, 0.25) is 0 Å². The number of ether oxygens (including phenoxy) is 1. The molecule has 0 N–H and O–H groups in total. The predicted molar refractivity (Wildman–Crippen MR) is 69.6 cm³/mol. The second-order valence-electron chi connectivity index (χ2n) is 3.66. The van der Waals surface area contributed by atoms with E-state index in [4.69, 9.17) is 4.74 Å². The van der Waals surface area contributed by atoms with Crippen LogP contribution in [0.1, 0.15) is 0 Å². The van der Waals surface area contributed by atoms with Crippen LogP contribution in [0.25, 0.3) is 11.1 Å². The van der Waals surface area contributed by atoms with Crippen molar-refractivity contribution in [3.8, 4) is 16.9 Å². The summed E-state index contributed by atoms with van der Waals surface area (Å²) in [4.78, 5) is 10.5. The third-order valence-corrected chi connectivity index (χ3v) is 3.14. The van der Waals surface area contributed by atoms with E-state index in [1.807, 2.05) is 0 Å². The van der Waals surface area contributed by atoms with Crippen LogP contribution in [0.15, 0.2) is 29.0 Å². The molecule has 0 saturated heterocycles. The van der Waals surface area contributed by atoms with Gasteiger partial charge in [-0.1, -0.05) is 15.9 Å². The van der Waals surface area contributed by atoms with Gasteiger partial charge in [0, 0.05) is 41.0 Å². The Hall–Kier alpha value is -1.89. The second-order valence-corrected chi connectivity index (χ2v) is 4.52. The van der Waals surface area contributed by atoms with Gasteiger partial charge >= 0.3 is 5.69 Å². The summed E-state index contributed by atoms with van der Waals surface area (Å²) >= 11 is 3.38. The smallest absolute Gasteiger partial charge is 0.311 e. The molecule has 0 aliphatic heterocycles. The molecule has 0 fully saturated rings. The van der Waals surface area contributed by atoms with Gasteiger partial charge in [-0.05, 0) is 0 Å². The Morgan fingerprint density at radius 2 is 2.22 bits per heavy atom. The lowest BCUT2D eigenvalue weighted by molar-refractivity contribution is -0.385. The molecule has 1 aromatic carbocycles. The lowest BCUT2D eigenvalue weighted by atomic mass is 10.1. The quantitative estimate of drug-likeness (QED) is 0.645. The summed E-state index contributed by atoms with van der Waals surface area (Å²) in [6.45, 7) is 0. The first-order chi connectivity index (χ1) is 8.52. The Labute approximate surface area is 111 Å². The number of methoxy groups -OCH3 is 1. The fraction of sp³-hybridized carbons (Fsp3) is 0.182. The minimum atomic E-state index is -0.467. The van der Waals surface area contributed by atoms with Gasteiger partial charge in [0.05, 0.1) is 18.2 Å². The van der Waals surface area contributed by atoms with Crippen molar-refractivity contribution in [3.63, 3.8) is 0 Å². The Kier molecular flexibility index (Phi) is 3.33. The molecule has 0 saturated carbocycles. The Balaban J connectivity index is 2.62.